The lowest BCUT2D eigenvalue weighted by molar-refractivity contribution is 0.444. The van der Waals surface area contributed by atoms with E-state index in [1.54, 1.807) is 6.20 Å². The lowest BCUT2D eigenvalue weighted by Gasteiger charge is -2.31. The molecule has 0 fully saturated rings. The summed E-state index contributed by atoms with van der Waals surface area (Å²) in [7, 11) is 0. The van der Waals surface area contributed by atoms with E-state index in [4.69, 9.17) is 0 Å². The van der Waals surface area contributed by atoms with E-state index in [2.05, 4.69) is 48.3 Å². The Morgan fingerprint density at radius 1 is 1.46 bits per heavy atom. The molecule has 1 aliphatic rings. The van der Waals surface area contributed by atoms with Gasteiger partial charge in [0.1, 0.15) is 0 Å². The first-order valence-electron chi connectivity index (χ1n) is 4.59. The van der Waals surface area contributed by atoms with E-state index in [0.717, 1.165) is 0 Å². The van der Waals surface area contributed by atoms with Gasteiger partial charge in [-0.3, -0.25) is 5.10 Å². The Balaban J connectivity index is 2.41. The quantitative estimate of drug-likeness (QED) is 0.696. The van der Waals surface area contributed by atoms with Crippen LogP contribution in [0.5, 0.6) is 0 Å². The third-order valence-electron chi connectivity index (χ3n) is 2.98. The number of allylic oxidation sites excluding steroid dienone is 4. The fourth-order valence-corrected chi connectivity index (χ4v) is 1.73. The molecule has 0 saturated carbocycles. The molecule has 1 heterocycles. The van der Waals surface area contributed by atoms with E-state index >= 15 is 0 Å². The minimum atomic E-state index is 0.0747. The average molecular weight is 174 g/mol. The van der Waals surface area contributed by atoms with Crippen molar-refractivity contribution in [1.29, 1.82) is 0 Å². The molecule has 2 nitrogen and oxygen atoms in total. The van der Waals surface area contributed by atoms with E-state index in [1.165, 1.54) is 5.69 Å². The Morgan fingerprint density at radius 3 is 2.92 bits per heavy atom. The standard InChI is InChI=1S/C11H14N2/c1-9-5-3-4-7-11(9,2)10-6-8-12-13-10/h3-9H,1-2H3,(H,12,13). The molecule has 1 aromatic heterocycles. The average Bonchev–Trinajstić information content (AvgIpc) is 2.63. The van der Waals surface area contributed by atoms with Crippen LogP contribution in [0.2, 0.25) is 0 Å². The molecule has 68 valence electrons. The van der Waals surface area contributed by atoms with Gasteiger partial charge >= 0.3 is 0 Å². The van der Waals surface area contributed by atoms with E-state index in [0.29, 0.717) is 5.92 Å². The molecule has 1 aliphatic carbocycles. The Morgan fingerprint density at radius 2 is 2.31 bits per heavy atom. The van der Waals surface area contributed by atoms with Gasteiger partial charge in [0, 0.05) is 17.3 Å². The number of hydrogen-bond donors (Lipinski definition) is 1. The fourth-order valence-electron chi connectivity index (χ4n) is 1.73. The molecule has 2 rings (SSSR count). The molecule has 0 amide bonds. The minimum absolute atomic E-state index is 0.0747. The molecule has 2 atom stereocenters. The largest absolute Gasteiger partial charge is 0.282 e. The topological polar surface area (TPSA) is 28.7 Å². The highest BCUT2D eigenvalue weighted by Gasteiger charge is 2.31. The van der Waals surface area contributed by atoms with E-state index in [9.17, 15) is 0 Å². The van der Waals surface area contributed by atoms with Gasteiger partial charge in [-0.15, -0.1) is 0 Å². The van der Waals surface area contributed by atoms with Crippen molar-refractivity contribution < 1.29 is 0 Å². The van der Waals surface area contributed by atoms with Crippen molar-refractivity contribution in [3.05, 3.63) is 42.3 Å². The van der Waals surface area contributed by atoms with Gasteiger partial charge in [0.05, 0.1) is 0 Å². The maximum Gasteiger partial charge on any atom is 0.0490 e. The highest BCUT2D eigenvalue weighted by atomic mass is 15.1. The second-order valence-electron chi connectivity index (χ2n) is 3.79. The van der Waals surface area contributed by atoms with Gasteiger partial charge in [-0.05, 0) is 18.9 Å². The van der Waals surface area contributed by atoms with Crippen LogP contribution in [0.25, 0.3) is 0 Å². The Hall–Kier alpha value is -1.31. The third kappa shape index (κ3) is 1.22. The lowest BCUT2D eigenvalue weighted by Crippen LogP contribution is -2.28. The highest BCUT2D eigenvalue weighted by Crippen LogP contribution is 2.35. The van der Waals surface area contributed by atoms with Crippen LogP contribution in [-0.4, -0.2) is 10.2 Å². The van der Waals surface area contributed by atoms with Crippen molar-refractivity contribution in [3.63, 3.8) is 0 Å². The monoisotopic (exact) mass is 174 g/mol. The van der Waals surface area contributed by atoms with Gasteiger partial charge in [0.15, 0.2) is 0 Å². The second kappa shape index (κ2) is 2.87. The summed E-state index contributed by atoms with van der Waals surface area (Å²) in [6.07, 6.45) is 10.5. The van der Waals surface area contributed by atoms with Gasteiger partial charge in [-0.2, -0.15) is 5.10 Å². The van der Waals surface area contributed by atoms with Crippen LogP contribution in [0.15, 0.2) is 36.6 Å². The zero-order chi connectivity index (χ0) is 9.31. The summed E-state index contributed by atoms with van der Waals surface area (Å²) in [5.41, 5.74) is 1.26. The van der Waals surface area contributed by atoms with Crippen LogP contribution >= 0.6 is 0 Å². The second-order valence-corrected chi connectivity index (χ2v) is 3.79. The number of H-pyrrole nitrogens is 1. The van der Waals surface area contributed by atoms with E-state index < -0.39 is 0 Å². The van der Waals surface area contributed by atoms with Crippen LogP contribution in [0.1, 0.15) is 19.5 Å². The summed E-state index contributed by atoms with van der Waals surface area (Å²) in [6, 6.07) is 2.04. The summed E-state index contributed by atoms with van der Waals surface area (Å²) in [5, 5.41) is 7.04. The Kier molecular flexibility index (Phi) is 1.83. The van der Waals surface area contributed by atoms with Crippen molar-refractivity contribution in [1.82, 2.24) is 10.2 Å². The lowest BCUT2D eigenvalue weighted by atomic mass is 9.73. The van der Waals surface area contributed by atoms with Crippen LogP contribution in [-0.2, 0) is 5.41 Å². The number of rotatable bonds is 1. The molecular formula is C11H14N2. The third-order valence-corrected chi connectivity index (χ3v) is 2.98. The Labute approximate surface area is 78.4 Å². The number of nitrogens with one attached hydrogen (secondary N) is 1. The number of hydrogen-bond acceptors (Lipinski definition) is 1. The van der Waals surface area contributed by atoms with Crippen molar-refractivity contribution in [2.45, 2.75) is 19.3 Å². The van der Waals surface area contributed by atoms with Crippen LogP contribution in [0.4, 0.5) is 0 Å². The van der Waals surface area contributed by atoms with Crippen molar-refractivity contribution in [2.24, 2.45) is 5.92 Å². The van der Waals surface area contributed by atoms with E-state index in [-0.39, 0.29) is 5.41 Å². The molecule has 0 aromatic carbocycles. The molecule has 0 saturated heterocycles. The summed E-state index contributed by atoms with van der Waals surface area (Å²) < 4.78 is 0. The molecular weight excluding hydrogens is 160 g/mol. The smallest absolute Gasteiger partial charge is 0.0490 e. The molecule has 2 unspecified atom stereocenters. The van der Waals surface area contributed by atoms with Crippen molar-refractivity contribution in [2.75, 3.05) is 0 Å². The molecule has 13 heavy (non-hydrogen) atoms. The maximum atomic E-state index is 3.99. The molecule has 1 N–H and O–H groups in total. The van der Waals surface area contributed by atoms with Gasteiger partial charge in [-0.1, -0.05) is 31.2 Å². The normalized spacial score (nSPS) is 32.3. The number of aromatic amines is 1. The summed E-state index contributed by atoms with van der Waals surface area (Å²) in [4.78, 5) is 0. The molecule has 0 spiro atoms. The van der Waals surface area contributed by atoms with Gasteiger partial charge in [0.2, 0.25) is 0 Å². The minimum Gasteiger partial charge on any atom is -0.282 e. The van der Waals surface area contributed by atoms with E-state index in [1.807, 2.05) is 6.07 Å². The first kappa shape index (κ1) is 8.30. The molecule has 1 aromatic rings. The molecule has 2 heteroatoms. The SMILES string of the molecule is CC1C=CC=CC1(C)c1ccn[nH]1. The zero-order valence-corrected chi connectivity index (χ0v) is 7.99. The van der Waals surface area contributed by atoms with Gasteiger partial charge in [0.25, 0.3) is 0 Å². The van der Waals surface area contributed by atoms with Gasteiger partial charge < -0.3 is 0 Å². The van der Waals surface area contributed by atoms with Crippen LogP contribution < -0.4 is 0 Å². The summed E-state index contributed by atoms with van der Waals surface area (Å²) in [5.74, 6) is 0.512. The summed E-state index contributed by atoms with van der Waals surface area (Å²) in [6.45, 7) is 4.45. The van der Waals surface area contributed by atoms with Crippen LogP contribution in [0.3, 0.4) is 0 Å². The van der Waals surface area contributed by atoms with Crippen molar-refractivity contribution >= 4 is 0 Å². The summed E-state index contributed by atoms with van der Waals surface area (Å²) >= 11 is 0. The fraction of sp³-hybridized carbons (Fsp3) is 0.364. The first-order valence-corrected chi connectivity index (χ1v) is 4.59. The molecule has 0 aliphatic heterocycles. The molecule has 0 bridgehead atoms. The van der Waals surface area contributed by atoms with Gasteiger partial charge in [-0.25, -0.2) is 0 Å². The predicted molar refractivity (Wildman–Crippen MR) is 53.4 cm³/mol. The van der Waals surface area contributed by atoms with Crippen molar-refractivity contribution in [3.8, 4) is 0 Å². The predicted octanol–water partition coefficient (Wildman–Crippen LogP) is 2.43. The number of nitrogens with zero attached hydrogens (tertiary/aromatic N) is 1. The molecule has 0 radical (unpaired) electrons. The maximum absolute atomic E-state index is 3.99. The van der Waals surface area contributed by atoms with Crippen LogP contribution in [0, 0.1) is 5.92 Å². The Bertz CT molecular complexity index is 335. The zero-order valence-electron chi connectivity index (χ0n) is 7.99. The number of aromatic nitrogens is 2. The first-order chi connectivity index (χ1) is 6.23. The highest BCUT2D eigenvalue weighted by molar-refractivity contribution is 5.31.